The van der Waals surface area contributed by atoms with Gasteiger partial charge in [-0.3, -0.25) is 14.9 Å². The van der Waals surface area contributed by atoms with Gasteiger partial charge in [0.15, 0.2) is 0 Å². The summed E-state index contributed by atoms with van der Waals surface area (Å²) in [6.07, 6.45) is 0. The second-order valence-corrected chi connectivity index (χ2v) is 6.04. The molecule has 0 fully saturated rings. The number of nitrogens with one attached hydrogen (secondary N) is 1. The summed E-state index contributed by atoms with van der Waals surface area (Å²) in [6.45, 7) is 1.78. The minimum Gasteiger partial charge on any atom is -0.325 e. The molecule has 0 radical (unpaired) electrons. The van der Waals surface area contributed by atoms with Gasteiger partial charge in [0, 0.05) is 22.1 Å². The number of carbonyl (C=O) groups excluding carboxylic acids is 1. The normalized spacial score (nSPS) is 10.3. The first-order valence-corrected chi connectivity index (χ1v) is 7.75. The van der Waals surface area contributed by atoms with Gasteiger partial charge in [0.05, 0.1) is 16.4 Å². The van der Waals surface area contributed by atoms with Gasteiger partial charge in [0.1, 0.15) is 0 Å². The molecule has 0 aliphatic rings. The number of amides is 1. The highest BCUT2D eigenvalue weighted by Gasteiger charge is 2.11. The van der Waals surface area contributed by atoms with Crippen LogP contribution in [0, 0.1) is 17.0 Å². The molecule has 2 aromatic rings. The molecule has 7 heteroatoms. The van der Waals surface area contributed by atoms with E-state index >= 15 is 0 Å². The van der Waals surface area contributed by atoms with E-state index in [0.29, 0.717) is 10.7 Å². The molecule has 0 aromatic heterocycles. The predicted molar refractivity (Wildman–Crippen MR) is 88.6 cm³/mol. The van der Waals surface area contributed by atoms with Crippen molar-refractivity contribution < 1.29 is 9.72 Å². The number of thioether (sulfide) groups is 1. The molecule has 2 aromatic carbocycles. The van der Waals surface area contributed by atoms with E-state index in [4.69, 9.17) is 11.6 Å². The number of rotatable bonds is 5. The largest absolute Gasteiger partial charge is 0.325 e. The summed E-state index contributed by atoms with van der Waals surface area (Å²) in [4.78, 5) is 23.1. The Hall–Kier alpha value is -2.05. The van der Waals surface area contributed by atoms with E-state index in [0.717, 1.165) is 10.5 Å². The molecule has 0 atom stereocenters. The van der Waals surface area contributed by atoms with Crippen LogP contribution in [0.2, 0.25) is 5.02 Å². The number of anilines is 1. The maximum Gasteiger partial charge on any atom is 0.271 e. The number of hydrogen-bond donors (Lipinski definition) is 1. The van der Waals surface area contributed by atoms with Gasteiger partial charge >= 0.3 is 0 Å². The molecule has 5 nitrogen and oxygen atoms in total. The van der Waals surface area contributed by atoms with Crippen molar-refractivity contribution in [3.05, 3.63) is 63.2 Å². The number of nitro groups is 1. The zero-order valence-corrected chi connectivity index (χ0v) is 13.3. The molecular formula is C15H13ClN2O3S. The number of hydrogen-bond acceptors (Lipinski definition) is 4. The van der Waals surface area contributed by atoms with Crippen LogP contribution < -0.4 is 5.32 Å². The van der Waals surface area contributed by atoms with Gasteiger partial charge in [0.25, 0.3) is 5.69 Å². The molecule has 22 heavy (non-hydrogen) atoms. The van der Waals surface area contributed by atoms with Crippen LogP contribution in [0.3, 0.4) is 0 Å². The van der Waals surface area contributed by atoms with Crippen LogP contribution in [-0.2, 0) is 4.79 Å². The fraction of sp³-hybridized carbons (Fsp3) is 0.133. The lowest BCUT2D eigenvalue weighted by Crippen LogP contribution is -2.15. The van der Waals surface area contributed by atoms with Crippen LogP contribution in [-0.4, -0.2) is 16.6 Å². The maximum atomic E-state index is 12.0. The summed E-state index contributed by atoms with van der Waals surface area (Å²) in [7, 11) is 0. The zero-order chi connectivity index (χ0) is 16.1. The zero-order valence-electron chi connectivity index (χ0n) is 11.7. The second-order valence-electron chi connectivity index (χ2n) is 4.55. The van der Waals surface area contributed by atoms with Crippen molar-refractivity contribution in [1.82, 2.24) is 0 Å². The summed E-state index contributed by atoms with van der Waals surface area (Å²) in [6, 6.07) is 11.6. The van der Waals surface area contributed by atoms with E-state index in [9.17, 15) is 14.9 Å². The van der Waals surface area contributed by atoms with Crippen molar-refractivity contribution in [2.24, 2.45) is 0 Å². The summed E-state index contributed by atoms with van der Waals surface area (Å²) >= 11 is 7.23. The van der Waals surface area contributed by atoms with Crippen LogP contribution in [0.5, 0.6) is 0 Å². The number of non-ortho nitro benzene ring substituents is 1. The molecule has 114 valence electrons. The smallest absolute Gasteiger partial charge is 0.271 e. The van der Waals surface area contributed by atoms with Gasteiger partial charge in [-0.15, -0.1) is 11.8 Å². The molecule has 0 aliphatic heterocycles. The SMILES string of the molecule is Cc1ccc([N+](=O)[O-])cc1NC(=O)CSc1cccc(Cl)c1. The first-order chi connectivity index (χ1) is 10.5. The Kier molecular flexibility index (Phi) is 5.41. The molecule has 0 heterocycles. The van der Waals surface area contributed by atoms with Crippen LogP contribution in [0.4, 0.5) is 11.4 Å². The second kappa shape index (κ2) is 7.29. The number of halogens is 1. The van der Waals surface area contributed by atoms with Crippen LogP contribution in [0.1, 0.15) is 5.56 Å². The molecular weight excluding hydrogens is 324 g/mol. The Labute approximate surface area is 136 Å². The third kappa shape index (κ3) is 4.47. The van der Waals surface area contributed by atoms with E-state index in [1.54, 1.807) is 25.1 Å². The molecule has 0 spiro atoms. The Balaban J connectivity index is 2.00. The van der Waals surface area contributed by atoms with Gasteiger partial charge in [0.2, 0.25) is 5.91 Å². The van der Waals surface area contributed by atoms with Crippen molar-refractivity contribution >= 4 is 40.6 Å². The van der Waals surface area contributed by atoms with Gasteiger partial charge in [-0.25, -0.2) is 0 Å². The van der Waals surface area contributed by atoms with E-state index in [1.807, 2.05) is 12.1 Å². The average molecular weight is 337 g/mol. The minimum absolute atomic E-state index is 0.0524. The molecule has 1 amide bonds. The molecule has 1 N–H and O–H groups in total. The number of nitrogens with zero attached hydrogens (tertiary/aromatic N) is 1. The van der Waals surface area contributed by atoms with Gasteiger partial charge in [-0.1, -0.05) is 23.7 Å². The number of aryl methyl sites for hydroxylation is 1. The molecule has 0 aliphatic carbocycles. The molecule has 0 bridgehead atoms. The van der Waals surface area contributed by atoms with E-state index in [1.165, 1.54) is 23.9 Å². The lowest BCUT2D eigenvalue weighted by atomic mass is 10.2. The van der Waals surface area contributed by atoms with Crippen LogP contribution in [0.15, 0.2) is 47.4 Å². The monoisotopic (exact) mass is 336 g/mol. The predicted octanol–water partition coefficient (Wildman–Crippen LogP) is 4.29. The first kappa shape index (κ1) is 16.3. The molecule has 0 saturated heterocycles. The van der Waals surface area contributed by atoms with Crippen LogP contribution >= 0.6 is 23.4 Å². The van der Waals surface area contributed by atoms with Gasteiger partial charge < -0.3 is 5.32 Å². The number of carbonyl (C=O) groups is 1. The Morgan fingerprint density at radius 1 is 1.32 bits per heavy atom. The highest BCUT2D eigenvalue weighted by atomic mass is 35.5. The fourth-order valence-corrected chi connectivity index (χ4v) is 2.76. The van der Waals surface area contributed by atoms with Crippen molar-refractivity contribution in [3.8, 4) is 0 Å². The third-order valence-corrected chi connectivity index (χ3v) is 4.10. The summed E-state index contributed by atoms with van der Waals surface area (Å²) in [5, 5.41) is 14.1. The quantitative estimate of drug-likeness (QED) is 0.502. The van der Waals surface area contributed by atoms with Crippen LogP contribution in [0.25, 0.3) is 0 Å². The Morgan fingerprint density at radius 3 is 2.77 bits per heavy atom. The fourth-order valence-electron chi connectivity index (χ4n) is 1.75. The highest BCUT2D eigenvalue weighted by molar-refractivity contribution is 8.00. The first-order valence-electron chi connectivity index (χ1n) is 6.39. The average Bonchev–Trinajstić information content (AvgIpc) is 2.47. The lowest BCUT2D eigenvalue weighted by molar-refractivity contribution is -0.384. The number of benzene rings is 2. The maximum absolute atomic E-state index is 12.0. The third-order valence-electron chi connectivity index (χ3n) is 2.87. The summed E-state index contributed by atoms with van der Waals surface area (Å²) in [5.41, 5.74) is 1.17. The van der Waals surface area contributed by atoms with E-state index < -0.39 is 4.92 Å². The Morgan fingerprint density at radius 2 is 2.09 bits per heavy atom. The van der Waals surface area contributed by atoms with E-state index in [2.05, 4.69) is 5.32 Å². The lowest BCUT2D eigenvalue weighted by Gasteiger charge is -2.08. The summed E-state index contributed by atoms with van der Waals surface area (Å²) in [5.74, 6) is -0.0313. The summed E-state index contributed by atoms with van der Waals surface area (Å²) < 4.78 is 0. The topological polar surface area (TPSA) is 72.2 Å². The molecule has 2 rings (SSSR count). The van der Waals surface area contributed by atoms with Gasteiger partial charge in [-0.2, -0.15) is 0 Å². The minimum atomic E-state index is -0.490. The molecule has 0 unspecified atom stereocenters. The highest BCUT2D eigenvalue weighted by Crippen LogP contribution is 2.24. The van der Waals surface area contributed by atoms with Crippen molar-refractivity contribution in [2.45, 2.75) is 11.8 Å². The standard InChI is InChI=1S/C15H13ClN2O3S/c1-10-5-6-12(18(20)21)8-14(10)17-15(19)9-22-13-4-2-3-11(16)7-13/h2-8H,9H2,1H3,(H,17,19). The molecule has 0 saturated carbocycles. The Bertz CT molecular complexity index is 722. The van der Waals surface area contributed by atoms with Crippen molar-refractivity contribution in [3.63, 3.8) is 0 Å². The van der Waals surface area contributed by atoms with Crippen molar-refractivity contribution in [1.29, 1.82) is 0 Å². The number of nitro benzene ring substituents is 1. The van der Waals surface area contributed by atoms with Gasteiger partial charge in [-0.05, 0) is 30.7 Å². The van der Waals surface area contributed by atoms with E-state index in [-0.39, 0.29) is 17.3 Å². The van der Waals surface area contributed by atoms with Crippen molar-refractivity contribution in [2.75, 3.05) is 11.1 Å².